The summed E-state index contributed by atoms with van der Waals surface area (Å²) in [5.74, 6) is -4.62. The van der Waals surface area contributed by atoms with Crippen LogP contribution in [0.15, 0.2) is 30.5 Å². The number of carboxylic acids is 2. The Hall–Kier alpha value is -3.58. The van der Waals surface area contributed by atoms with E-state index in [1.165, 1.54) is 0 Å². The zero-order chi connectivity index (χ0) is 28.4. The van der Waals surface area contributed by atoms with Crippen LogP contribution in [0.3, 0.4) is 0 Å². The summed E-state index contributed by atoms with van der Waals surface area (Å²) in [6.45, 7) is 3.64. The Balaban J connectivity index is 2.27. The molecule has 0 saturated heterocycles. The summed E-state index contributed by atoms with van der Waals surface area (Å²) >= 11 is 4.04. The Morgan fingerprint density at radius 1 is 0.947 bits per heavy atom. The summed E-state index contributed by atoms with van der Waals surface area (Å²) in [7, 11) is 0. The maximum absolute atomic E-state index is 13.4. The maximum Gasteiger partial charge on any atom is 0.326 e. The van der Waals surface area contributed by atoms with Crippen molar-refractivity contribution in [2.45, 2.75) is 63.7 Å². The number of carbonyl (C=O) groups excluding carboxylic acids is 3. The van der Waals surface area contributed by atoms with Gasteiger partial charge >= 0.3 is 11.9 Å². The summed E-state index contributed by atoms with van der Waals surface area (Å²) < 4.78 is 0. The van der Waals surface area contributed by atoms with Gasteiger partial charge in [-0.25, -0.2) is 4.79 Å². The van der Waals surface area contributed by atoms with Crippen molar-refractivity contribution in [3.8, 4) is 0 Å². The molecule has 1 aromatic carbocycles. The van der Waals surface area contributed by atoms with Crippen LogP contribution < -0.4 is 21.7 Å². The number of hydrogen-bond donors (Lipinski definition) is 8. The summed E-state index contributed by atoms with van der Waals surface area (Å²) in [6, 6.07) is 2.81. The lowest BCUT2D eigenvalue weighted by atomic mass is 10.00. The van der Waals surface area contributed by atoms with Crippen LogP contribution in [-0.2, 0) is 30.4 Å². The third-order valence-corrected chi connectivity index (χ3v) is 6.26. The lowest BCUT2D eigenvalue weighted by Crippen LogP contribution is -2.58. The average molecular weight is 550 g/mol. The summed E-state index contributed by atoms with van der Waals surface area (Å²) in [5, 5.41) is 26.7. The van der Waals surface area contributed by atoms with Gasteiger partial charge in [-0.05, 0) is 30.4 Å². The molecule has 12 nitrogen and oxygen atoms in total. The molecule has 0 radical (unpaired) electrons. The highest BCUT2D eigenvalue weighted by atomic mass is 32.1. The van der Waals surface area contributed by atoms with Gasteiger partial charge in [0.05, 0.1) is 6.04 Å². The predicted octanol–water partition coefficient (Wildman–Crippen LogP) is 0.417. The van der Waals surface area contributed by atoms with Crippen LogP contribution >= 0.6 is 12.6 Å². The first kappa shape index (κ1) is 30.6. The third kappa shape index (κ3) is 9.06. The van der Waals surface area contributed by atoms with Crippen molar-refractivity contribution < 1.29 is 34.2 Å². The highest BCUT2D eigenvalue weighted by molar-refractivity contribution is 7.80. The molecule has 2 aromatic rings. The van der Waals surface area contributed by atoms with Crippen LogP contribution in [0.4, 0.5) is 0 Å². The molecule has 2 rings (SSSR count). The van der Waals surface area contributed by atoms with E-state index in [1.54, 1.807) is 6.20 Å². The fourth-order valence-corrected chi connectivity index (χ4v) is 4.03. The van der Waals surface area contributed by atoms with E-state index in [4.69, 9.17) is 10.8 Å². The smallest absolute Gasteiger partial charge is 0.326 e. The normalized spacial score (nSPS) is 14.3. The lowest BCUT2D eigenvalue weighted by molar-refractivity contribution is -0.143. The highest BCUT2D eigenvalue weighted by Gasteiger charge is 2.31. The molecular formula is C25H35N5O7S. The molecule has 0 aliphatic carbocycles. The van der Waals surface area contributed by atoms with Gasteiger partial charge in [0.2, 0.25) is 17.7 Å². The molecule has 0 aliphatic heterocycles. The van der Waals surface area contributed by atoms with Crippen molar-refractivity contribution in [3.63, 3.8) is 0 Å². The standard InChI is InChI=1S/C25H35N5O7S/c1-13(2)9-19(23(34)28-18(25(36)37)7-8-21(31)32)30-24(35)20(29-22(33)16(26)12-38)10-14-11-27-17-6-4-3-5-15(14)17/h3-6,11,13,16,18-20,27,38H,7-10,12,26H2,1-2H3,(H,28,34)(H,29,33)(H,30,35)(H,31,32)(H,36,37). The molecule has 0 aliphatic rings. The van der Waals surface area contributed by atoms with Gasteiger partial charge in [0.15, 0.2) is 0 Å². The minimum Gasteiger partial charge on any atom is -0.481 e. The summed E-state index contributed by atoms with van der Waals surface area (Å²) in [4.78, 5) is 64.5. The van der Waals surface area contributed by atoms with Crippen molar-refractivity contribution in [1.29, 1.82) is 0 Å². The largest absolute Gasteiger partial charge is 0.481 e. The molecule has 3 amide bonds. The molecule has 4 unspecified atom stereocenters. The molecule has 4 atom stereocenters. The average Bonchev–Trinajstić information content (AvgIpc) is 3.27. The van der Waals surface area contributed by atoms with E-state index in [2.05, 4.69) is 33.6 Å². The number of nitrogens with one attached hydrogen (secondary N) is 4. The number of aromatic amines is 1. The predicted molar refractivity (Wildman–Crippen MR) is 144 cm³/mol. The molecule has 208 valence electrons. The number of hydrogen-bond acceptors (Lipinski definition) is 7. The second-order valence-corrected chi connectivity index (χ2v) is 9.80. The van der Waals surface area contributed by atoms with E-state index in [1.807, 2.05) is 38.1 Å². The lowest BCUT2D eigenvalue weighted by Gasteiger charge is -2.26. The first-order valence-electron chi connectivity index (χ1n) is 12.2. The van der Waals surface area contributed by atoms with Gasteiger partial charge in [-0.2, -0.15) is 12.6 Å². The SMILES string of the molecule is CC(C)CC(NC(=O)C(Cc1c[nH]c2ccccc12)NC(=O)C(N)CS)C(=O)NC(CCC(=O)O)C(=O)O. The van der Waals surface area contributed by atoms with Crippen LogP contribution in [0, 0.1) is 5.92 Å². The van der Waals surface area contributed by atoms with Gasteiger partial charge in [-0.15, -0.1) is 0 Å². The van der Waals surface area contributed by atoms with Crippen LogP contribution in [0.5, 0.6) is 0 Å². The Morgan fingerprint density at radius 3 is 2.16 bits per heavy atom. The zero-order valence-corrected chi connectivity index (χ0v) is 22.2. The molecule has 0 saturated carbocycles. The second kappa shape index (κ2) is 14.4. The number of H-pyrrole nitrogens is 1. The molecule has 1 aromatic heterocycles. The first-order valence-corrected chi connectivity index (χ1v) is 12.8. The van der Waals surface area contributed by atoms with Gasteiger partial charge in [0, 0.05) is 35.7 Å². The van der Waals surface area contributed by atoms with Crippen LogP contribution in [0.1, 0.15) is 38.7 Å². The Kier molecular flexibility index (Phi) is 11.6. The number of aromatic nitrogens is 1. The van der Waals surface area contributed by atoms with Gasteiger partial charge < -0.3 is 36.9 Å². The number of rotatable bonds is 15. The minimum atomic E-state index is -1.44. The van der Waals surface area contributed by atoms with Crippen molar-refractivity contribution in [2.24, 2.45) is 11.7 Å². The summed E-state index contributed by atoms with van der Waals surface area (Å²) in [5.41, 5.74) is 7.39. The Bertz CT molecular complexity index is 1150. The molecule has 38 heavy (non-hydrogen) atoms. The molecule has 1 heterocycles. The monoisotopic (exact) mass is 549 g/mol. The van der Waals surface area contributed by atoms with Gasteiger partial charge in [-0.3, -0.25) is 19.2 Å². The van der Waals surface area contributed by atoms with Crippen molar-refractivity contribution in [1.82, 2.24) is 20.9 Å². The van der Waals surface area contributed by atoms with Gasteiger partial charge in [-0.1, -0.05) is 32.0 Å². The van der Waals surface area contributed by atoms with Gasteiger partial charge in [0.25, 0.3) is 0 Å². The van der Waals surface area contributed by atoms with E-state index < -0.39 is 60.2 Å². The molecule has 0 fully saturated rings. The number of amides is 3. The van der Waals surface area contributed by atoms with Crippen molar-refractivity contribution in [2.75, 3.05) is 5.75 Å². The molecular weight excluding hydrogens is 514 g/mol. The zero-order valence-electron chi connectivity index (χ0n) is 21.3. The van der Waals surface area contributed by atoms with E-state index in [9.17, 15) is 29.1 Å². The van der Waals surface area contributed by atoms with E-state index in [0.29, 0.717) is 0 Å². The number of aliphatic carboxylic acids is 2. The first-order chi connectivity index (χ1) is 17.9. The van der Waals surface area contributed by atoms with Crippen molar-refractivity contribution in [3.05, 3.63) is 36.0 Å². The molecule has 13 heteroatoms. The van der Waals surface area contributed by atoms with Crippen molar-refractivity contribution >= 4 is 53.2 Å². The van der Waals surface area contributed by atoms with Crippen LogP contribution in [0.2, 0.25) is 0 Å². The van der Waals surface area contributed by atoms with E-state index >= 15 is 0 Å². The number of carboxylic acid groups (broad SMARTS) is 2. The summed E-state index contributed by atoms with van der Waals surface area (Å²) in [6.07, 6.45) is 1.22. The Labute approximate surface area is 225 Å². The number of thiol groups is 1. The quantitative estimate of drug-likeness (QED) is 0.146. The molecule has 8 N–H and O–H groups in total. The number of fused-ring (bicyclic) bond motifs is 1. The second-order valence-electron chi connectivity index (χ2n) is 9.44. The number of benzene rings is 1. The maximum atomic E-state index is 13.4. The fraction of sp³-hybridized carbons (Fsp3) is 0.480. The van der Waals surface area contributed by atoms with Gasteiger partial charge in [0.1, 0.15) is 18.1 Å². The molecule has 0 bridgehead atoms. The van der Waals surface area contributed by atoms with Crippen LogP contribution in [-0.4, -0.2) is 74.8 Å². The highest BCUT2D eigenvalue weighted by Crippen LogP contribution is 2.19. The third-order valence-electron chi connectivity index (χ3n) is 5.87. The van der Waals surface area contributed by atoms with E-state index in [-0.39, 0.29) is 30.9 Å². The molecule has 0 spiro atoms. The topological polar surface area (TPSA) is 204 Å². The number of para-hydroxylation sites is 1. The number of nitrogens with two attached hydrogens (primary N) is 1. The van der Waals surface area contributed by atoms with E-state index in [0.717, 1.165) is 16.5 Å². The number of carbonyl (C=O) groups is 5. The fourth-order valence-electron chi connectivity index (χ4n) is 3.86. The minimum absolute atomic E-state index is 0.0541. The Morgan fingerprint density at radius 2 is 1.55 bits per heavy atom. The van der Waals surface area contributed by atoms with Crippen LogP contribution in [0.25, 0.3) is 10.9 Å².